The SMILES string of the molecule is CC.COc1ccc(OC)c(N(C)C=O)c1. The standard InChI is InChI=1S/C10H13NO3.C2H6/c1-11(7-12)9-6-8(13-2)4-5-10(9)14-3;1-2/h4-7H,1-3H3;1-2H3. The minimum atomic E-state index is 0.639. The summed E-state index contributed by atoms with van der Waals surface area (Å²) in [5, 5.41) is 0. The Kier molecular flexibility index (Phi) is 6.76. The Labute approximate surface area is 96.8 Å². The summed E-state index contributed by atoms with van der Waals surface area (Å²) in [5.74, 6) is 1.33. The molecule has 0 N–H and O–H groups in total. The Hall–Kier alpha value is -1.71. The number of anilines is 1. The molecule has 0 heterocycles. The molecule has 1 aromatic rings. The van der Waals surface area contributed by atoms with E-state index in [1.807, 2.05) is 13.8 Å². The van der Waals surface area contributed by atoms with Crippen molar-refractivity contribution in [3.8, 4) is 11.5 Å². The minimum absolute atomic E-state index is 0.639. The van der Waals surface area contributed by atoms with Gasteiger partial charge in [-0.3, -0.25) is 4.79 Å². The van der Waals surface area contributed by atoms with E-state index in [-0.39, 0.29) is 0 Å². The second-order valence-corrected chi connectivity index (χ2v) is 2.75. The third-order valence-electron chi connectivity index (χ3n) is 1.92. The zero-order chi connectivity index (χ0) is 12.6. The van der Waals surface area contributed by atoms with Gasteiger partial charge in [0.1, 0.15) is 11.5 Å². The Morgan fingerprint density at radius 1 is 1.19 bits per heavy atom. The molecule has 90 valence electrons. The molecule has 0 radical (unpaired) electrons. The van der Waals surface area contributed by atoms with Crippen LogP contribution in [0.3, 0.4) is 0 Å². The molecule has 4 nitrogen and oxygen atoms in total. The minimum Gasteiger partial charge on any atom is -0.497 e. The zero-order valence-corrected chi connectivity index (χ0v) is 10.5. The van der Waals surface area contributed by atoms with Gasteiger partial charge in [0.05, 0.1) is 19.9 Å². The van der Waals surface area contributed by atoms with Crippen LogP contribution in [0.15, 0.2) is 18.2 Å². The summed E-state index contributed by atoms with van der Waals surface area (Å²) in [6.07, 6.45) is 0.720. The Balaban J connectivity index is 0.00000106. The van der Waals surface area contributed by atoms with E-state index in [4.69, 9.17) is 9.47 Å². The van der Waals surface area contributed by atoms with Crippen molar-refractivity contribution < 1.29 is 14.3 Å². The lowest BCUT2D eigenvalue weighted by molar-refractivity contribution is -0.107. The Morgan fingerprint density at radius 2 is 1.81 bits per heavy atom. The van der Waals surface area contributed by atoms with E-state index in [2.05, 4.69) is 0 Å². The van der Waals surface area contributed by atoms with Gasteiger partial charge in [-0.05, 0) is 12.1 Å². The zero-order valence-electron chi connectivity index (χ0n) is 10.5. The van der Waals surface area contributed by atoms with Gasteiger partial charge < -0.3 is 14.4 Å². The van der Waals surface area contributed by atoms with Crippen LogP contribution < -0.4 is 14.4 Å². The summed E-state index contributed by atoms with van der Waals surface area (Å²) in [4.78, 5) is 12.0. The number of nitrogens with zero attached hydrogens (tertiary/aromatic N) is 1. The monoisotopic (exact) mass is 225 g/mol. The fourth-order valence-electron chi connectivity index (χ4n) is 1.13. The van der Waals surface area contributed by atoms with E-state index in [0.717, 1.165) is 6.41 Å². The molecule has 0 saturated heterocycles. The maximum Gasteiger partial charge on any atom is 0.213 e. The van der Waals surface area contributed by atoms with E-state index < -0.39 is 0 Å². The third-order valence-corrected chi connectivity index (χ3v) is 1.92. The number of benzene rings is 1. The first kappa shape index (κ1) is 14.3. The van der Waals surface area contributed by atoms with E-state index in [0.29, 0.717) is 17.2 Å². The largest absolute Gasteiger partial charge is 0.497 e. The van der Waals surface area contributed by atoms with Gasteiger partial charge in [0.2, 0.25) is 6.41 Å². The molecule has 1 amide bonds. The summed E-state index contributed by atoms with van der Waals surface area (Å²) in [6, 6.07) is 5.28. The third kappa shape index (κ3) is 3.46. The number of hydrogen-bond acceptors (Lipinski definition) is 3. The molecule has 0 aliphatic rings. The number of carbonyl (C=O) groups excluding carboxylic acids is 1. The second kappa shape index (κ2) is 7.56. The van der Waals surface area contributed by atoms with Gasteiger partial charge in [0, 0.05) is 13.1 Å². The lowest BCUT2D eigenvalue weighted by atomic mass is 10.2. The Bertz CT molecular complexity index is 326. The molecule has 0 aromatic heterocycles. The topological polar surface area (TPSA) is 38.8 Å². The number of carbonyl (C=O) groups is 1. The molecule has 4 heteroatoms. The van der Waals surface area contributed by atoms with Crippen LogP contribution in [0.5, 0.6) is 11.5 Å². The number of methoxy groups -OCH3 is 2. The summed E-state index contributed by atoms with van der Waals surface area (Å²) in [5.41, 5.74) is 0.682. The summed E-state index contributed by atoms with van der Waals surface area (Å²) >= 11 is 0. The highest BCUT2D eigenvalue weighted by atomic mass is 16.5. The highest BCUT2D eigenvalue weighted by Gasteiger charge is 2.08. The summed E-state index contributed by atoms with van der Waals surface area (Å²) < 4.78 is 10.2. The average molecular weight is 225 g/mol. The van der Waals surface area contributed by atoms with Gasteiger partial charge in [-0.25, -0.2) is 0 Å². The first-order chi connectivity index (χ1) is 7.72. The quantitative estimate of drug-likeness (QED) is 0.738. The van der Waals surface area contributed by atoms with Crippen LogP contribution in [-0.2, 0) is 4.79 Å². The molecule has 0 aliphatic carbocycles. The van der Waals surface area contributed by atoms with Crippen LogP contribution in [0.25, 0.3) is 0 Å². The number of rotatable bonds is 4. The maximum atomic E-state index is 10.6. The first-order valence-electron chi connectivity index (χ1n) is 5.13. The van der Waals surface area contributed by atoms with Crippen molar-refractivity contribution in [1.29, 1.82) is 0 Å². The normalized spacial score (nSPS) is 8.56. The van der Waals surface area contributed by atoms with Gasteiger partial charge in [-0.2, -0.15) is 0 Å². The lowest BCUT2D eigenvalue weighted by Crippen LogP contribution is -2.14. The molecule has 16 heavy (non-hydrogen) atoms. The molecular formula is C12H19NO3. The molecule has 1 rings (SSSR count). The fraction of sp³-hybridized carbons (Fsp3) is 0.417. The van der Waals surface area contributed by atoms with Gasteiger partial charge in [0.15, 0.2) is 0 Å². The number of amides is 1. The molecule has 0 aliphatic heterocycles. The molecule has 0 fully saturated rings. The van der Waals surface area contributed by atoms with Crippen molar-refractivity contribution in [3.05, 3.63) is 18.2 Å². The Morgan fingerprint density at radius 3 is 2.25 bits per heavy atom. The highest BCUT2D eigenvalue weighted by Crippen LogP contribution is 2.30. The van der Waals surface area contributed by atoms with Crippen molar-refractivity contribution in [1.82, 2.24) is 0 Å². The van der Waals surface area contributed by atoms with Crippen molar-refractivity contribution in [3.63, 3.8) is 0 Å². The smallest absolute Gasteiger partial charge is 0.213 e. The summed E-state index contributed by atoms with van der Waals surface area (Å²) in [6.45, 7) is 4.00. The highest BCUT2D eigenvalue weighted by molar-refractivity contribution is 5.78. The van der Waals surface area contributed by atoms with Crippen molar-refractivity contribution in [2.75, 3.05) is 26.2 Å². The van der Waals surface area contributed by atoms with Crippen LogP contribution in [0.2, 0.25) is 0 Å². The molecule has 1 aromatic carbocycles. The maximum absolute atomic E-state index is 10.6. The first-order valence-corrected chi connectivity index (χ1v) is 5.13. The van der Waals surface area contributed by atoms with Gasteiger partial charge in [-0.1, -0.05) is 13.8 Å². The average Bonchev–Trinajstić information content (AvgIpc) is 2.39. The molecular weight excluding hydrogens is 206 g/mol. The van der Waals surface area contributed by atoms with Crippen LogP contribution in [-0.4, -0.2) is 27.7 Å². The molecule has 0 unspecified atom stereocenters. The van der Waals surface area contributed by atoms with Crippen LogP contribution in [0, 0.1) is 0 Å². The van der Waals surface area contributed by atoms with E-state index in [9.17, 15) is 4.79 Å². The van der Waals surface area contributed by atoms with Gasteiger partial charge in [-0.15, -0.1) is 0 Å². The summed E-state index contributed by atoms with van der Waals surface area (Å²) in [7, 11) is 4.79. The fourth-order valence-corrected chi connectivity index (χ4v) is 1.13. The number of ether oxygens (including phenoxy) is 2. The predicted molar refractivity (Wildman–Crippen MR) is 65.4 cm³/mol. The van der Waals surface area contributed by atoms with E-state index in [1.165, 1.54) is 4.90 Å². The van der Waals surface area contributed by atoms with Crippen LogP contribution in [0.1, 0.15) is 13.8 Å². The molecule has 0 saturated carbocycles. The van der Waals surface area contributed by atoms with Crippen molar-refractivity contribution >= 4 is 12.1 Å². The predicted octanol–water partition coefficient (Wildman–Crippen LogP) is 2.32. The van der Waals surface area contributed by atoms with E-state index >= 15 is 0 Å². The van der Waals surface area contributed by atoms with Crippen LogP contribution >= 0.6 is 0 Å². The van der Waals surface area contributed by atoms with E-state index in [1.54, 1.807) is 39.5 Å². The van der Waals surface area contributed by atoms with Gasteiger partial charge in [0.25, 0.3) is 0 Å². The van der Waals surface area contributed by atoms with Gasteiger partial charge >= 0.3 is 0 Å². The number of hydrogen-bond donors (Lipinski definition) is 0. The van der Waals surface area contributed by atoms with Crippen molar-refractivity contribution in [2.45, 2.75) is 13.8 Å². The second-order valence-electron chi connectivity index (χ2n) is 2.75. The molecule has 0 bridgehead atoms. The molecule has 0 atom stereocenters. The lowest BCUT2D eigenvalue weighted by Gasteiger charge is -2.15. The molecule has 0 spiro atoms. The van der Waals surface area contributed by atoms with Crippen molar-refractivity contribution in [2.24, 2.45) is 0 Å². The van der Waals surface area contributed by atoms with Crippen LogP contribution in [0.4, 0.5) is 5.69 Å².